The first-order chi connectivity index (χ1) is 23.9. The number of nitrogens with one attached hydrogen (secondary N) is 2. The normalized spacial score (nSPS) is 11.9. The highest BCUT2D eigenvalue weighted by Gasteiger charge is 2.38. The number of benzene rings is 4. The first kappa shape index (κ1) is 34.8. The molecule has 2 N–H and O–H groups in total. The summed E-state index contributed by atoms with van der Waals surface area (Å²) in [5, 5.41) is 5.57. The van der Waals surface area contributed by atoms with Crippen molar-refractivity contribution in [3.8, 4) is 0 Å². The van der Waals surface area contributed by atoms with Crippen LogP contribution in [0.2, 0.25) is 0 Å². The lowest BCUT2D eigenvalue weighted by Crippen LogP contribution is -2.50. The molecular formula is C40H43N5O4. The smallest absolute Gasteiger partial charge is 0.319 e. The summed E-state index contributed by atoms with van der Waals surface area (Å²) < 4.78 is 6.96. The molecule has 0 spiro atoms. The monoisotopic (exact) mass is 657 g/mol. The van der Waals surface area contributed by atoms with Crippen LogP contribution in [0.5, 0.6) is 0 Å². The van der Waals surface area contributed by atoms with Gasteiger partial charge in [0.25, 0.3) is 0 Å². The second-order valence-corrected chi connectivity index (χ2v) is 11.9. The number of nitrogens with zero attached hydrogens (tertiary/aromatic N) is 3. The zero-order chi connectivity index (χ0) is 34.5. The van der Waals surface area contributed by atoms with Crippen molar-refractivity contribution in [1.29, 1.82) is 0 Å². The lowest BCUT2D eigenvalue weighted by molar-refractivity contribution is -0.142. The fourth-order valence-electron chi connectivity index (χ4n) is 6.29. The van der Waals surface area contributed by atoms with Crippen molar-refractivity contribution < 1.29 is 19.1 Å². The van der Waals surface area contributed by atoms with Crippen molar-refractivity contribution in [2.24, 2.45) is 0 Å². The van der Waals surface area contributed by atoms with Gasteiger partial charge in [0.15, 0.2) is 0 Å². The van der Waals surface area contributed by atoms with Gasteiger partial charge in [-0.1, -0.05) is 121 Å². The van der Waals surface area contributed by atoms with Gasteiger partial charge in [0.05, 0.1) is 32.2 Å². The molecule has 0 aliphatic rings. The molecule has 0 saturated carbocycles. The van der Waals surface area contributed by atoms with Gasteiger partial charge in [-0.2, -0.15) is 0 Å². The van der Waals surface area contributed by atoms with E-state index in [4.69, 9.17) is 9.72 Å². The average molecular weight is 658 g/mol. The Morgan fingerprint density at radius 3 is 1.84 bits per heavy atom. The van der Waals surface area contributed by atoms with Gasteiger partial charge in [-0.15, -0.1) is 0 Å². The van der Waals surface area contributed by atoms with Crippen LogP contribution in [-0.4, -0.2) is 72.1 Å². The number of methoxy groups -OCH3 is 1. The van der Waals surface area contributed by atoms with Crippen LogP contribution in [0.15, 0.2) is 134 Å². The third kappa shape index (κ3) is 8.69. The molecule has 0 fully saturated rings. The van der Waals surface area contributed by atoms with Crippen molar-refractivity contribution in [3.63, 3.8) is 0 Å². The van der Waals surface area contributed by atoms with Gasteiger partial charge >= 0.3 is 5.97 Å². The van der Waals surface area contributed by atoms with E-state index in [1.807, 2.05) is 79.0 Å². The number of esters is 1. The lowest BCUT2D eigenvalue weighted by Gasteiger charge is -2.37. The number of imidazole rings is 1. The van der Waals surface area contributed by atoms with Crippen LogP contribution in [0.1, 0.15) is 34.4 Å². The molecule has 0 unspecified atom stereocenters. The number of hydrogen-bond acceptors (Lipinski definition) is 6. The molecular weight excluding hydrogens is 614 g/mol. The Hall–Kier alpha value is -5.54. The maximum atomic E-state index is 13.4. The fourth-order valence-corrected chi connectivity index (χ4v) is 6.29. The van der Waals surface area contributed by atoms with E-state index in [0.29, 0.717) is 12.2 Å². The van der Waals surface area contributed by atoms with Gasteiger partial charge in [-0.05, 0) is 41.6 Å². The minimum atomic E-state index is -0.885. The number of amides is 2. The molecule has 9 nitrogen and oxygen atoms in total. The zero-order valence-electron chi connectivity index (χ0n) is 28.0. The number of ether oxygens (including phenoxy) is 1. The van der Waals surface area contributed by atoms with Gasteiger partial charge in [-0.3, -0.25) is 19.3 Å². The summed E-state index contributed by atoms with van der Waals surface area (Å²) in [4.78, 5) is 45.2. The number of hydrogen-bond donors (Lipinski definition) is 2. The Morgan fingerprint density at radius 1 is 0.796 bits per heavy atom. The Labute approximate surface area is 288 Å². The molecule has 0 bridgehead atoms. The van der Waals surface area contributed by atoms with Crippen molar-refractivity contribution >= 4 is 17.8 Å². The van der Waals surface area contributed by atoms with Crippen LogP contribution in [0, 0.1) is 0 Å². The van der Waals surface area contributed by atoms with Crippen LogP contribution >= 0.6 is 0 Å². The predicted octanol–water partition coefficient (Wildman–Crippen LogP) is 4.60. The highest BCUT2D eigenvalue weighted by atomic mass is 16.5. The van der Waals surface area contributed by atoms with E-state index < -0.39 is 17.6 Å². The molecule has 49 heavy (non-hydrogen) atoms. The number of carbonyl (C=O) groups is 3. The Bertz CT molecular complexity index is 1680. The van der Waals surface area contributed by atoms with E-state index in [-0.39, 0.29) is 31.3 Å². The van der Waals surface area contributed by atoms with E-state index in [9.17, 15) is 14.4 Å². The van der Waals surface area contributed by atoms with Crippen LogP contribution in [0.25, 0.3) is 0 Å². The van der Waals surface area contributed by atoms with Crippen molar-refractivity contribution in [2.45, 2.75) is 30.8 Å². The van der Waals surface area contributed by atoms with Gasteiger partial charge < -0.3 is 19.9 Å². The first-order valence-corrected chi connectivity index (χ1v) is 16.5. The molecule has 5 aromatic rings. The summed E-state index contributed by atoms with van der Waals surface area (Å²) in [6.07, 6.45) is 5.45. The largest absolute Gasteiger partial charge is 0.468 e. The highest BCUT2D eigenvalue weighted by molar-refractivity contribution is 5.88. The lowest BCUT2D eigenvalue weighted by atomic mass is 9.77. The molecule has 0 radical (unpaired) electrons. The van der Waals surface area contributed by atoms with Gasteiger partial charge in [-0.25, -0.2) is 4.98 Å². The summed E-state index contributed by atoms with van der Waals surface area (Å²) in [6.45, 7) is 0.409. The summed E-state index contributed by atoms with van der Waals surface area (Å²) in [5.41, 5.74) is 4.20. The molecule has 1 aromatic heterocycles. The van der Waals surface area contributed by atoms with E-state index in [0.717, 1.165) is 29.5 Å². The SMILES string of the molecule is CNC(=O)[C@H](Cc1cn(C(c2ccccc2)(c2ccccc2)c2ccccc2)cn1)NC(=O)CN(CCCc1ccccc1)CC(=O)OC. The number of aryl methyl sites for hydroxylation is 1. The molecule has 1 heterocycles. The summed E-state index contributed by atoms with van der Waals surface area (Å²) in [5.74, 6) is -1.14. The second-order valence-electron chi connectivity index (χ2n) is 11.9. The van der Waals surface area contributed by atoms with E-state index in [2.05, 4.69) is 63.7 Å². The molecule has 9 heteroatoms. The molecule has 5 rings (SSSR count). The van der Waals surface area contributed by atoms with Gasteiger partial charge in [0.1, 0.15) is 11.6 Å². The molecule has 2 amide bonds. The Morgan fingerprint density at radius 2 is 1.33 bits per heavy atom. The summed E-state index contributed by atoms with van der Waals surface area (Å²) in [6, 6.07) is 39.9. The highest BCUT2D eigenvalue weighted by Crippen LogP contribution is 2.40. The Balaban J connectivity index is 1.38. The fraction of sp³-hybridized carbons (Fsp3) is 0.250. The van der Waals surface area contributed by atoms with Gasteiger partial charge in [0.2, 0.25) is 11.8 Å². The minimum absolute atomic E-state index is 0.0334. The molecule has 4 aromatic carbocycles. The third-order valence-corrected chi connectivity index (χ3v) is 8.64. The number of likely N-dealkylation sites (N-methyl/N-ethyl adjacent to an activating group) is 1. The topological polar surface area (TPSA) is 106 Å². The maximum absolute atomic E-state index is 13.4. The van der Waals surface area contributed by atoms with Crippen molar-refractivity contribution in [1.82, 2.24) is 25.1 Å². The van der Waals surface area contributed by atoms with Crippen molar-refractivity contribution in [3.05, 3.63) is 162 Å². The van der Waals surface area contributed by atoms with Crippen LogP contribution in [0.3, 0.4) is 0 Å². The van der Waals surface area contributed by atoms with Crippen LogP contribution in [-0.2, 0) is 37.5 Å². The van der Waals surface area contributed by atoms with Gasteiger partial charge in [0, 0.05) is 19.7 Å². The standard InChI is InChI=1S/C40H43N5O4/c1-41-39(48)36(43-37(46)28-44(29-38(47)49-2)25-15-18-31-16-7-3-8-17-31)26-35-27-45(30-42-35)40(32-19-9-4-10-20-32,33-21-11-5-12-22-33)34-23-13-6-14-24-34/h3-14,16-17,19-24,27,30,36H,15,18,25-26,28-29H2,1-2H3,(H,41,48)(H,43,46)/t36-/m0/s1. The first-order valence-electron chi connectivity index (χ1n) is 16.5. The van der Waals surface area contributed by atoms with Crippen LogP contribution < -0.4 is 10.6 Å². The maximum Gasteiger partial charge on any atom is 0.319 e. The van der Waals surface area contributed by atoms with E-state index in [1.165, 1.54) is 12.7 Å². The summed E-state index contributed by atoms with van der Waals surface area (Å²) in [7, 11) is 2.87. The second kappa shape index (κ2) is 17.0. The minimum Gasteiger partial charge on any atom is -0.468 e. The van der Waals surface area contributed by atoms with E-state index in [1.54, 1.807) is 18.3 Å². The molecule has 0 saturated heterocycles. The third-order valence-electron chi connectivity index (χ3n) is 8.64. The van der Waals surface area contributed by atoms with Crippen LogP contribution in [0.4, 0.5) is 0 Å². The molecule has 1 atom stereocenters. The zero-order valence-corrected chi connectivity index (χ0v) is 28.0. The molecule has 0 aliphatic carbocycles. The Kier molecular flexibility index (Phi) is 12.1. The number of aromatic nitrogens is 2. The predicted molar refractivity (Wildman–Crippen MR) is 190 cm³/mol. The number of rotatable bonds is 16. The number of carbonyl (C=O) groups excluding carboxylic acids is 3. The molecule has 0 aliphatic heterocycles. The summed E-state index contributed by atoms with van der Waals surface area (Å²) >= 11 is 0. The van der Waals surface area contributed by atoms with Crippen molar-refractivity contribution in [2.75, 3.05) is 33.8 Å². The molecule has 252 valence electrons. The average Bonchev–Trinajstić information content (AvgIpc) is 3.61. The quantitative estimate of drug-likeness (QED) is 0.119. The van der Waals surface area contributed by atoms with E-state index >= 15 is 0 Å².